The van der Waals surface area contributed by atoms with Crippen LogP contribution in [0.1, 0.15) is 29.8 Å². The van der Waals surface area contributed by atoms with E-state index in [4.69, 9.17) is 4.74 Å². The molecule has 23 heavy (non-hydrogen) atoms. The predicted octanol–water partition coefficient (Wildman–Crippen LogP) is 3.85. The van der Waals surface area contributed by atoms with Crippen LogP contribution in [0.5, 0.6) is 0 Å². The molecular formula is C15H17F4NO2S. The molecule has 1 aromatic carbocycles. The maximum absolute atomic E-state index is 13.7. The third-order valence-corrected chi connectivity index (χ3v) is 4.70. The van der Waals surface area contributed by atoms with E-state index in [1.54, 1.807) is 4.90 Å². The van der Waals surface area contributed by atoms with Gasteiger partial charge >= 0.3 is 6.18 Å². The van der Waals surface area contributed by atoms with Crippen LogP contribution >= 0.6 is 11.8 Å². The molecule has 3 nitrogen and oxygen atoms in total. The third kappa shape index (κ3) is 4.38. The van der Waals surface area contributed by atoms with Crippen molar-refractivity contribution in [3.05, 3.63) is 35.1 Å². The van der Waals surface area contributed by atoms with Crippen molar-refractivity contribution >= 4 is 17.7 Å². The summed E-state index contributed by atoms with van der Waals surface area (Å²) in [5.41, 5.74) is -0.929. The number of carbonyl (C=O) groups excluding carboxylic acids is 1. The molecule has 8 heteroatoms. The van der Waals surface area contributed by atoms with Crippen LogP contribution in [-0.2, 0) is 15.7 Å². The van der Waals surface area contributed by atoms with Gasteiger partial charge in [0, 0.05) is 19.8 Å². The number of alkyl halides is 3. The maximum atomic E-state index is 13.7. The van der Waals surface area contributed by atoms with Crippen LogP contribution in [0.3, 0.4) is 0 Å². The number of halogens is 4. The molecule has 128 valence electrons. The van der Waals surface area contributed by atoms with Gasteiger partial charge in [-0.2, -0.15) is 13.2 Å². The highest BCUT2D eigenvalue weighted by Gasteiger charge is 2.36. The predicted molar refractivity (Wildman–Crippen MR) is 79.4 cm³/mol. The first-order valence-corrected chi connectivity index (χ1v) is 8.25. The smallest absolute Gasteiger partial charge is 0.382 e. The Hall–Kier alpha value is -1.28. The molecule has 1 saturated heterocycles. The molecule has 1 atom stereocenters. The van der Waals surface area contributed by atoms with Gasteiger partial charge in [0.05, 0.1) is 11.3 Å². The molecule has 0 N–H and O–H groups in total. The van der Waals surface area contributed by atoms with E-state index in [2.05, 4.69) is 0 Å². The summed E-state index contributed by atoms with van der Waals surface area (Å²) in [6.45, 7) is 3.37. The maximum Gasteiger partial charge on any atom is 0.419 e. The zero-order valence-electron chi connectivity index (χ0n) is 12.5. The van der Waals surface area contributed by atoms with E-state index in [1.165, 1.54) is 17.8 Å². The van der Waals surface area contributed by atoms with Crippen LogP contribution in [0.4, 0.5) is 17.6 Å². The molecule has 0 bridgehead atoms. The van der Waals surface area contributed by atoms with Crippen molar-refractivity contribution in [3.63, 3.8) is 0 Å². The van der Waals surface area contributed by atoms with Gasteiger partial charge in [0.25, 0.3) is 0 Å². The van der Waals surface area contributed by atoms with Gasteiger partial charge < -0.3 is 9.64 Å². The van der Waals surface area contributed by atoms with Crippen LogP contribution in [0.15, 0.2) is 18.2 Å². The van der Waals surface area contributed by atoms with Crippen molar-refractivity contribution in [1.29, 1.82) is 0 Å². The summed E-state index contributed by atoms with van der Waals surface area (Å²) < 4.78 is 56.8. The molecule has 2 rings (SSSR count). The number of amides is 1. The van der Waals surface area contributed by atoms with Crippen molar-refractivity contribution in [3.8, 4) is 0 Å². The number of benzene rings is 1. The van der Waals surface area contributed by atoms with Gasteiger partial charge in [0.1, 0.15) is 11.2 Å². The molecule has 0 saturated carbocycles. The summed E-state index contributed by atoms with van der Waals surface area (Å²) in [5, 5.41) is -0.457. The van der Waals surface area contributed by atoms with Gasteiger partial charge in [-0.3, -0.25) is 4.79 Å². The van der Waals surface area contributed by atoms with E-state index in [0.29, 0.717) is 31.7 Å². The van der Waals surface area contributed by atoms with Crippen LogP contribution in [0.25, 0.3) is 0 Å². The average molecular weight is 351 g/mol. The highest BCUT2D eigenvalue weighted by Crippen LogP contribution is 2.40. The van der Waals surface area contributed by atoms with Crippen molar-refractivity contribution in [1.82, 2.24) is 4.90 Å². The Morgan fingerprint density at radius 1 is 1.39 bits per heavy atom. The molecule has 0 aromatic heterocycles. The Bertz CT molecular complexity index is 565. The largest absolute Gasteiger partial charge is 0.419 e. The monoisotopic (exact) mass is 351 g/mol. The van der Waals surface area contributed by atoms with Crippen LogP contribution < -0.4 is 0 Å². The summed E-state index contributed by atoms with van der Waals surface area (Å²) in [7, 11) is 0. The quantitative estimate of drug-likeness (QED) is 0.576. The number of hydrogen-bond donors (Lipinski definition) is 0. The first-order chi connectivity index (χ1) is 10.8. The number of carbonyl (C=O) groups is 1. The first-order valence-electron chi connectivity index (χ1n) is 7.20. The van der Waals surface area contributed by atoms with E-state index in [0.717, 1.165) is 12.1 Å². The summed E-state index contributed by atoms with van der Waals surface area (Å²) in [6, 6.07) is 2.83. The van der Waals surface area contributed by atoms with E-state index >= 15 is 0 Å². The third-order valence-electron chi connectivity index (χ3n) is 3.44. The topological polar surface area (TPSA) is 29.5 Å². The molecule has 1 amide bonds. The van der Waals surface area contributed by atoms with Gasteiger partial charge in [0.15, 0.2) is 0 Å². The molecule has 1 aliphatic heterocycles. The molecule has 0 aliphatic carbocycles. The van der Waals surface area contributed by atoms with Crippen molar-refractivity contribution in [2.24, 2.45) is 0 Å². The van der Waals surface area contributed by atoms with Crippen LogP contribution in [0, 0.1) is 5.82 Å². The molecule has 1 aliphatic rings. The number of rotatable bonds is 6. The Labute approximate surface area is 136 Å². The minimum absolute atomic E-state index is 0.100. The summed E-state index contributed by atoms with van der Waals surface area (Å²) in [4.78, 5) is 13.5. The highest BCUT2D eigenvalue weighted by atomic mass is 32.2. The van der Waals surface area contributed by atoms with Crippen LogP contribution in [-0.4, -0.2) is 36.3 Å². The molecule has 1 fully saturated rings. The fourth-order valence-electron chi connectivity index (χ4n) is 2.37. The lowest BCUT2D eigenvalue weighted by molar-refractivity contribution is -0.140. The second-order valence-electron chi connectivity index (χ2n) is 5.04. The second kappa shape index (κ2) is 7.53. The Morgan fingerprint density at radius 2 is 2.13 bits per heavy atom. The highest BCUT2D eigenvalue weighted by molar-refractivity contribution is 8.00. The molecule has 1 heterocycles. The number of nitrogens with zero attached hydrogens (tertiary/aromatic N) is 1. The molecular weight excluding hydrogens is 334 g/mol. The van der Waals surface area contributed by atoms with Crippen LogP contribution in [0.2, 0.25) is 0 Å². The standard InChI is InChI=1S/C15H17F4NO2S/c1-2-22-7-3-6-20-13(21)9-23-14(20)10-4-5-11(12(16)8-10)15(17,18)19/h4-5,8,14H,2-3,6-7,9H2,1H3. The zero-order valence-corrected chi connectivity index (χ0v) is 13.3. The summed E-state index contributed by atoms with van der Waals surface area (Å²) in [6.07, 6.45) is -4.10. The number of ether oxygens (including phenoxy) is 1. The molecule has 0 spiro atoms. The lowest BCUT2D eigenvalue weighted by atomic mass is 10.1. The molecule has 1 aromatic rings. The number of hydrogen-bond acceptors (Lipinski definition) is 3. The zero-order chi connectivity index (χ0) is 17.0. The fourth-order valence-corrected chi connectivity index (χ4v) is 3.58. The van der Waals surface area contributed by atoms with Gasteiger partial charge in [0.2, 0.25) is 5.91 Å². The SMILES string of the molecule is CCOCCCN1C(=O)CSC1c1ccc(C(F)(F)F)c(F)c1. The fraction of sp³-hybridized carbons (Fsp3) is 0.533. The lowest BCUT2D eigenvalue weighted by Crippen LogP contribution is -2.30. The van der Waals surface area contributed by atoms with Gasteiger partial charge in [-0.15, -0.1) is 11.8 Å². The second-order valence-corrected chi connectivity index (χ2v) is 6.11. The minimum atomic E-state index is -4.72. The van der Waals surface area contributed by atoms with Gasteiger partial charge in [-0.25, -0.2) is 4.39 Å². The Kier molecular flexibility index (Phi) is 5.91. The molecule has 1 unspecified atom stereocenters. The summed E-state index contributed by atoms with van der Waals surface area (Å²) in [5.74, 6) is -1.18. The Morgan fingerprint density at radius 3 is 2.74 bits per heavy atom. The van der Waals surface area contributed by atoms with Crippen molar-refractivity contribution in [2.45, 2.75) is 24.9 Å². The normalized spacial score (nSPS) is 18.7. The summed E-state index contributed by atoms with van der Waals surface area (Å²) >= 11 is 1.29. The lowest BCUT2D eigenvalue weighted by Gasteiger charge is -2.24. The van der Waals surface area contributed by atoms with Gasteiger partial charge in [-0.05, 0) is 31.0 Å². The minimum Gasteiger partial charge on any atom is -0.382 e. The van der Waals surface area contributed by atoms with Crippen molar-refractivity contribution < 1.29 is 27.1 Å². The Balaban J connectivity index is 2.13. The van der Waals surface area contributed by atoms with E-state index < -0.39 is 22.9 Å². The first kappa shape index (κ1) is 18.1. The average Bonchev–Trinajstić information content (AvgIpc) is 2.83. The number of thioether (sulfide) groups is 1. The van der Waals surface area contributed by atoms with E-state index in [-0.39, 0.29) is 11.7 Å². The van der Waals surface area contributed by atoms with E-state index in [1.807, 2.05) is 6.92 Å². The van der Waals surface area contributed by atoms with E-state index in [9.17, 15) is 22.4 Å². The van der Waals surface area contributed by atoms with Gasteiger partial charge in [-0.1, -0.05) is 6.07 Å². The molecule has 0 radical (unpaired) electrons. The van der Waals surface area contributed by atoms with Crippen molar-refractivity contribution in [2.75, 3.05) is 25.5 Å².